The number of benzene rings is 2. The quantitative estimate of drug-likeness (QED) is 0.715. The molecular formula is C18H14N4O2. The highest BCUT2D eigenvalue weighted by Crippen LogP contribution is 2.21. The van der Waals surface area contributed by atoms with E-state index < -0.39 is 0 Å². The Morgan fingerprint density at radius 1 is 1.17 bits per heavy atom. The Morgan fingerprint density at radius 3 is 2.54 bits per heavy atom. The van der Waals surface area contributed by atoms with Crippen LogP contribution in [0.25, 0.3) is 16.7 Å². The molecular weight excluding hydrogens is 304 g/mol. The molecule has 1 heterocycles. The van der Waals surface area contributed by atoms with E-state index in [1.54, 1.807) is 30.3 Å². The van der Waals surface area contributed by atoms with Crippen molar-refractivity contribution in [1.82, 2.24) is 4.98 Å². The number of para-hydroxylation sites is 2. The predicted octanol–water partition coefficient (Wildman–Crippen LogP) is 3.76. The van der Waals surface area contributed by atoms with E-state index in [2.05, 4.69) is 21.7 Å². The predicted molar refractivity (Wildman–Crippen MR) is 92.0 cm³/mol. The zero-order chi connectivity index (χ0) is 16.9. The molecule has 1 amide bonds. The van der Waals surface area contributed by atoms with E-state index in [1.165, 1.54) is 13.1 Å². The van der Waals surface area contributed by atoms with Gasteiger partial charge in [-0.2, -0.15) is 5.26 Å². The summed E-state index contributed by atoms with van der Waals surface area (Å²) >= 11 is 0. The summed E-state index contributed by atoms with van der Waals surface area (Å²) in [7, 11) is 0. The minimum absolute atomic E-state index is 0.127. The molecule has 24 heavy (non-hydrogen) atoms. The fourth-order valence-corrected chi connectivity index (χ4v) is 2.14. The van der Waals surface area contributed by atoms with Crippen LogP contribution in [0.4, 0.5) is 11.4 Å². The summed E-state index contributed by atoms with van der Waals surface area (Å²) in [6.45, 7) is 1.45. The van der Waals surface area contributed by atoms with Crippen molar-refractivity contribution in [3.8, 4) is 6.07 Å². The summed E-state index contributed by atoms with van der Waals surface area (Å²) in [5.74, 6) is 0.138. The molecule has 0 atom stereocenters. The molecule has 0 unspecified atom stereocenters. The summed E-state index contributed by atoms with van der Waals surface area (Å²) in [6.07, 6.45) is 1.54. The summed E-state index contributed by atoms with van der Waals surface area (Å²) in [6, 6.07) is 16.5. The summed E-state index contributed by atoms with van der Waals surface area (Å²) in [4.78, 5) is 15.3. The van der Waals surface area contributed by atoms with Crippen molar-refractivity contribution >= 4 is 34.0 Å². The van der Waals surface area contributed by atoms with Crippen LogP contribution < -0.4 is 10.6 Å². The molecule has 0 bridgehead atoms. The van der Waals surface area contributed by atoms with Gasteiger partial charge in [0.1, 0.15) is 17.2 Å². The van der Waals surface area contributed by atoms with Crippen LogP contribution in [0, 0.1) is 11.3 Å². The van der Waals surface area contributed by atoms with E-state index in [1.807, 2.05) is 18.2 Å². The zero-order valence-corrected chi connectivity index (χ0v) is 12.9. The zero-order valence-electron chi connectivity index (χ0n) is 12.9. The molecule has 0 fully saturated rings. The second-order valence-corrected chi connectivity index (χ2v) is 5.06. The van der Waals surface area contributed by atoms with Gasteiger partial charge in [-0.05, 0) is 36.4 Å². The van der Waals surface area contributed by atoms with Crippen LogP contribution in [0.15, 0.2) is 59.1 Å². The van der Waals surface area contributed by atoms with Crippen LogP contribution >= 0.6 is 0 Å². The number of rotatable bonds is 4. The lowest BCUT2D eigenvalue weighted by molar-refractivity contribution is -0.114. The number of fused-ring (bicyclic) bond motifs is 1. The number of carbonyl (C=O) groups excluding carboxylic acids is 1. The first-order valence-corrected chi connectivity index (χ1v) is 7.26. The Hall–Kier alpha value is -3.59. The molecule has 0 aliphatic rings. The number of hydrogen-bond donors (Lipinski definition) is 2. The van der Waals surface area contributed by atoms with Crippen molar-refractivity contribution in [2.45, 2.75) is 6.92 Å². The van der Waals surface area contributed by atoms with Crippen molar-refractivity contribution in [1.29, 1.82) is 5.26 Å². The van der Waals surface area contributed by atoms with Crippen molar-refractivity contribution in [3.05, 3.63) is 60.6 Å². The van der Waals surface area contributed by atoms with Crippen molar-refractivity contribution in [2.75, 3.05) is 10.6 Å². The molecule has 2 aromatic carbocycles. The molecule has 6 nitrogen and oxygen atoms in total. The minimum atomic E-state index is -0.127. The molecule has 2 N–H and O–H groups in total. The number of allylic oxidation sites excluding steroid dienone is 1. The molecule has 6 heteroatoms. The number of anilines is 2. The van der Waals surface area contributed by atoms with E-state index in [-0.39, 0.29) is 17.4 Å². The first kappa shape index (κ1) is 15.3. The largest absolute Gasteiger partial charge is 0.435 e. The van der Waals surface area contributed by atoms with Gasteiger partial charge < -0.3 is 15.1 Å². The SMILES string of the molecule is CC(=O)Nc1ccc(NC=C(C#N)c2nc3ccccc3o2)cc1. The van der Waals surface area contributed by atoms with Crippen LogP contribution in [-0.2, 0) is 4.79 Å². The lowest BCUT2D eigenvalue weighted by Gasteiger charge is -2.04. The topological polar surface area (TPSA) is 91.0 Å². The van der Waals surface area contributed by atoms with Crippen molar-refractivity contribution < 1.29 is 9.21 Å². The number of carbonyl (C=O) groups is 1. The van der Waals surface area contributed by atoms with Crippen LogP contribution in [0.5, 0.6) is 0 Å². The van der Waals surface area contributed by atoms with E-state index >= 15 is 0 Å². The standard InChI is InChI=1S/C18H14N4O2/c1-12(23)21-15-8-6-14(7-9-15)20-11-13(10-19)18-22-16-4-2-3-5-17(16)24-18/h2-9,11,20H,1H3,(H,21,23). The molecule has 1 aromatic heterocycles. The molecule has 0 aliphatic heterocycles. The van der Waals surface area contributed by atoms with Gasteiger partial charge in [-0.3, -0.25) is 4.79 Å². The van der Waals surface area contributed by atoms with Crippen molar-refractivity contribution in [2.24, 2.45) is 0 Å². The second-order valence-electron chi connectivity index (χ2n) is 5.06. The number of nitriles is 1. The Bertz CT molecular complexity index is 916. The number of oxazole rings is 1. The molecule has 118 valence electrons. The van der Waals surface area contributed by atoms with E-state index in [0.717, 1.165) is 5.69 Å². The van der Waals surface area contributed by atoms with Gasteiger partial charge in [-0.25, -0.2) is 4.98 Å². The van der Waals surface area contributed by atoms with Gasteiger partial charge in [0.15, 0.2) is 5.58 Å². The van der Waals surface area contributed by atoms with Crippen LogP contribution in [0.2, 0.25) is 0 Å². The van der Waals surface area contributed by atoms with Gasteiger partial charge in [0.25, 0.3) is 0 Å². The van der Waals surface area contributed by atoms with E-state index in [4.69, 9.17) is 4.42 Å². The van der Waals surface area contributed by atoms with Gasteiger partial charge in [0, 0.05) is 24.5 Å². The van der Waals surface area contributed by atoms with Crippen LogP contribution in [-0.4, -0.2) is 10.9 Å². The Kier molecular flexibility index (Phi) is 4.25. The minimum Gasteiger partial charge on any atom is -0.435 e. The van der Waals surface area contributed by atoms with E-state index in [0.29, 0.717) is 16.8 Å². The average molecular weight is 318 g/mol. The highest BCUT2D eigenvalue weighted by atomic mass is 16.3. The maximum absolute atomic E-state index is 11.0. The molecule has 0 spiro atoms. The Morgan fingerprint density at radius 2 is 1.88 bits per heavy atom. The second kappa shape index (κ2) is 6.67. The van der Waals surface area contributed by atoms with Crippen molar-refractivity contribution in [3.63, 3.8) is 0 Å². The maximum atomic E-state index is 11.0. The highest BCUT2D eigenvalue weighted by molar-refractivity contribution is 5.88. The third-order valence-corrected chi connectivity index (χ3v) is 3.23. The summed E-state index contributed by atoms with van der Waals surface area (Å²) in [5.41, 5.74) is 3.10. The number of aromatic nitrogens is 1. The Balaban J connectivity index is 1.78. The normalized spacial score (nSPS) is 11.1. The van der Waals surface area contributed by atoms with Gasteiger partial charge in [-0.15, -0.1) is 0 Å². The van der Waals surface area contributed by atoms with E-state index in [9.17, 15) is 10.1 Å². The monoisotopic (exact) mass is 318 g/mol. The molecule has 0 aliphatic carbocycles. The third-order valence-electron chi connectivity index (χ3n) is 3.23. The first-order valence-electron chi connectivity index (χ1n) is 7.26. The lowest BCUT2D eigenvalue weighted by atomic mass is 10.2. The van der Waals surface area contributed by atoms with Gasteiger partial charge >= 0.3 is 0 Å². The maximum Gasteiger partial charge on any atom is 0.239 e. The number of nitrogens with one attached hydrogen (secondary N) is 2. The van der Waals surface area contributed by atoms with Gasteiger partial charge in [0.2, 0.25) is 11.8 Å². The number of amides is 1. The molecule has 0 saturated heterocycles. The molecule has 3 rings (SSSR count). The summed E-state index contributed by atoms with van der Waals surface area (Å²) in [5, 5.41) is 15.0. The number of nitrogens with zero attached hydrogens (tertiary/aromatic N) is 2. The summed E-state index contributed by atoms with van der Waals surface area (Å²) < 4.78 is 5.58. The Labute approximate surface area is 138 Å². The highest BCUT2D eigenvalue weighted by Gasteiger charge is 2.10. The molecule has 0 saturated carbocycles. The van der Waals surface area contributed by atoms with Crippen LogP contribution in [0.3, 0.4) is 0 Å². The lowest BCUT2D eigenvalue weighted by Crippen LogP contribution is -2.05. The third kappa shape index (κ3) is 3.42. The van der Waals surface area contributed by atoms with Crippen LogP contribution in [0.1, 0.15) is 12.8 Å². The van der Waals surface area contributed by atoms with Gasteiger partial charge in [0.05, 0.1) is 0 Å². The fraction of sp³-hybridized carbons (Fsp3) is 0.0556. The number of hydrogen-bond acceptors (Lipinski definition) is 5. The molecule has 0 radical (unpaired) electrons. The molecule has 3 aromatic rings. The van der Waals surface area contributed by atoms with Gasteiger partial charge in [-0.1, -0.05) is 12.1 Å². The average Bonchev–Trinajstić information content (AvgIpc) is 3.00. The smallest absolute Gasteiger partial charge is 0.239 e. The fourth-order valence-electron chi connectivity index (χ4n) is 2.14. The first-order chi connectivity index (χ1) is 11.7.